The van der Waals surface area contributed by atoms with Crippen LogP contribution in [0.4, 0.5) is 0 Å². The van der Waals surface area contributed by atoms with Crippen molar-refractivity contribution in [2.75, 3.05) is 0 Å². The molecule has 0 radical (unpaired) electrons. The Morgan fingerprint density at radius 2 is 2.21 bits per heavy atom. The molecule has 0 fully saturated rings. The Kier molecular flexibility index (Phi) is 3.71. The Bertz CT molecular complexity index is 655. The van der Waals surface area contributed by atoms with E-state index in [4.69, 9.17) is 9.52 Å². The summed E-state index contributed by atoms with van der Waals surface area (Å²) in [6, 6.07) is 4.95. The molecule has 2 aromatic rings. The van der Waals surface area contributed by atoms with E-state index in [9.17, 15) is 14.7 Å². The first-order valence-corrected chi connectivity index (χ1v) is 6.06. The van der Waals surface area contributed by atoms with E-state index in [1.807, 2.05) is 6.92 Å². The van der Waals surface area contributed by atoms with Crippen LogP contribution in [0.3, 0.4) is 0 Å². The quantitative estimate of drug-likeness (QED) is 0.854. The van der Waals surface area contributed by atoms with Crippen LogP contribution in [0, 0.1) is 0 Å². The van der Waals surface area contributed by atoms with Crippen LogP contribution in [-0.2, 0) is 11.3 Å². The van der Waals surface area contributed by atoms with E-state index in [0.29, 0.717) is 23.2 Å². The summed E-state index contributed by atoms with van der Waals surface area (Å²) in [5, 5.41) is 18.5. The van der Waals surface area contributed by atoms with E-state index >= 15 is 0 Å². The van der Waals surface area contributed by atoms with Crippen molar-refractivity contribution >= 4 is 17.1 Å². The van der Waals surface area contributed by atoms with E-state index in [1.54, 1.807) is 18.2 Å². The summed E-state index contributed by atoms with van der Waals surface area (Å²) >= 11 is 0. The second-order valence-corrected chi connectivity index (χ2v) is 4.29. The number of nitrogens with zero attached hydrogens (tertiary/aromatic N) is 1. The standard InChI is InChI=1S/C13H15NO5/c1-2-14-9-4-3-8(7-11(9)19-13(14)18)10(15)5-6-12(16)17/h3-4,7,10,15H,2,5-6H2,1H3,(H,16,17). The SMILES string of the molecule is CCn1c(=O)oc2cc(C(O)CCC(=O)O)ccc21. The predicted molar refractivity (Wildman–Crippen MR) is 68.0 cm³/mol. The van der Waals surface area contributed by atoms with E-state index in [1.165, 1.54) is 4.57 Å². The van der Waals surface area contributed by atoms with Gasteiger partial charge in [-0.2, -0.15) is 0 Å². The van der Waals surface area contributed by atoms with Crippen molar-refractivity contribution in [2.24, 2.45) is 0 Å². The number of benzene rings is 1. The van der Waals surface area contributed by atoms with Gasteiger partial charge in [-0.25, -0.2) is 4.79 Å². The van der Waals surface area contributed by atoms with Crippen LogP contribution < -0.4 is 5.76 Å². The van der Waals surface area contributed by atoms with Crippen molar-refractivity contribution in [1.82, 2.24) is 4.57 Å². The minimum Gasteiger partial charge on any atom is -0.481 e. The smallest absolute Gasteiger partial charge is 0.419 e. The summed E-state index contributed by atoms with van der Waals surface area (Å²) in [6.07, 6.45) is -0.866. The summed E-state index contributed by atoms with van der Waals surface area (Å²) in [4.78, 5) is 22.0. The number of aliphatic hydroxyl groups is 1. The average molecular weight is 265 g/mol. The number of aryl methyl sites for hydroxylation is 1. The number of hydrogen-bond donors (Lipinski definition) is 2. The molecule has 0 saturated heterocycles. The minimum atomic E-state index is -0.955. The molecule has 2 rings (SSSR count). The van der Waals surface area contributed by atoms with Crippen molar-refractivity contribution in [3.8, 4) is 0 Å². The van der Waals surface area contributed by atoms with E-state index in [-0.39, 0.29) is 12.8 Å². The lowest BCUT2D eigenvalue weighted by molar-refractivity contribution is -0.137. The molecule has 0 saturated carbocycles. The molecule has 6 nitrogen and oxygen atoms in total. The fourth-order valence-electron chi connectivity index (χ4n) is 2.02. The van der Waals surface area contributed by atoms with Gasteiger partial charge < -0.3 is 14.6 Å². The minimum absolute atomic E-state index is 0.112. The number of carbonyl (C=O) groups is 1. The molecule has 0 amide bonds. The maximum Gasteiger partial charge on any atom is 0.419 e. The summed E-state index contributed by atoms with van der Waals surface area (Å²) in [7, 11) is 0. The van der Waals surface area contributed by atoms with Crippen LogP contribution in [0.2, 0.25) is 0 Å². The van der Waals surface area contributed by atoms with Gasteiger partial charge in [0.05, 0.1) is 11.6 Å². The molecule has 0 aliphatic heterocycles. The van der Waals surface area contributed by atoms with Gasteiger partial charge in [-0.15, -0.1) is 0 Å². The zero-order chi connectivity index (χ0) is 14.0. The Hall–Kier alpha value is -2.08. The lowest BCUT2D eigenvalue weighted by atomic mass is 10.0. The maximum absolute atomic E-state index is 11.5. The molecule has 2 N–H and O–H groups in total. The lowest BCUT2D eigenvalue weighted by Crippen LogP contribution is -2.11. The van der Waals surface area contributed by atoms with Gasteiger partial charge in [-0.05, 0) is 31.0 Å². The zero-order valence-corrected chi connectivity index (χ0v) is 10.5. The third-order valence-corrected chi connectivity index (χ3v) is 3.02. The lowest BCUT2D eigenvalue weighted by Gasteiger charge is -2.09. The fourth-order valence-corrected chi connectivity index (χ4v) is 2.02. The molecule has 1 heterocycles. The topological polar surface area (TPSA) is 92.7 Å². The predicted octanol–water partition coefficient (Wildman–Crippen LogP) is 1.51. The second kappa shape index (κ2) is 5.27. The molecule has 102 valence electrons. The van der Waals surface area contributed by atoms with Crippen LogP contribution >= 0.6 is 0 Å². The molecule has 0 bridgehead atoms. The second-order valence-electron chi connectivity index (χ2n) is 4.29. The molecular formula is C13H15NO5. The highest BCUT2D eigenvalue weighted by Gasteiger charge is 2.13. The average Bonchev–Trinajstić information content (AvgIpc) is 2.69. The number of rotatable bonds is 5. The van der Waals surface area contributed by atoms with Gasteiger partial charge in [-0.3, -0.25) is 9.36 Å². The Morgan fingerprint density at radius 3 is 2.84 bits per heavy atom. The van der Waals surface area contributed by atoms with Gasteiger partial charge in [0.15, 0.2) is 5.58 Å². The van der Waals surface area contributed by atoms with Crippen molar-refractivity contribution < 1.29 is 19.4 Å². The number of aliphatic hydroxyl groups excluding tert-OH is 1. The third kappa shape index (κ3) is 2.68. The first-order chi connectivity index (χ1) is 9.02. The van der Waals surface area contributed by atoms with Crippen LogP contribution in [0.1, 0.15) is 31.4 Å². The summed E-state index contributed by atoms with van der Waals surface area (Å²) < 4.78 is 6.58. The molecule has 0 spiro atoms. The van der Waals surface area contributed by atoms with Gasteiger partial charge in [0.2, 0.25) is 0 Å². The number of aromatic nitrogens is 1. The Labute approximate surface area is 108 Å². The monoisotopic (exact) mass is 265 g/mol. The first kappa shape index (κ1) is 13.4. The van der Waals surface area contributed by atoms with Crippen LogP contribution in [-0.4, -0.2) is 20.7 Å². The van der Waals surface area contributed by atoms with E-state index in [2.05, 4.69) is 0 Å². The summed E-state index contributed by atoms with van der Waals surface area (Å²) in [5.74, 6) is -1.39. The Balaban J connectivity index is 2.31. The van der Waals surface area contributed by atoms with Gasteiger partial charge in [0, 0.05) is 13.0 Å². The number of oxazole rings is 1. The summed E-state index contributed by atoms with van der Waals surface area (Å²) in [6.45, 7) is 2.35. The number of aliphatic carboxylic acids is 1. The highest BCUT2D eigenvalue weighted by atomic mass is 16.4. The molecular weight excluding hydrogens is 250 g/mol. The van der Waals surface area contributed by atoms with E-state index < -0.39 is 17.8 Å². The number of carboxylic acid groups (broad SMARTS) is 1. The zero-order valence-electron chi connectivity index (χ0n) is 10.5. The molecule has 1 unspecified atom stereocenters. The molecule has 1 aromatic carbocycles. The highest BCUT2D eigenvalue weighted by Crippen LogP contribution is 2.23. The van der Waals surface area contributed by atoms with E-state index in [0.717, 1.165) is 0 Å². The fraction of sp³-hybridized carbons (Fsp3) is 0.385. The van der Waals surface area contributed by atoms with Crippen molar-refractivity contribution in [2.45, 2.75) is 32.4 Å². The first-order valence-electron chi connectivity index (χ1n) is 6.06. The van der Waals surface area contributed by atoms with Gasteiger partial charge >= 0.3 is 11.7 Å². The van der Waals surface area contributed by atoms with Crippen LogP contribution in [0.15, 0.2) is 27.4 Å². The number of carboxylic acids is 1. The van der Waals surface area contributed by atoms with Crippen LogP contribution in [0.25, 0.3) is 11.1 Å². The van der Waals surface area contributed by atoms with Gasteiger partial charge in [0.1, 0.15) is 0 Å². The molecule has 0 aliphatic rings. The normalized spacial score (nSPS) is 12.7. The highest BCUT2D eigenvalue weighted by molar-refractivity contribution is 5.74. The molecule has 6 heteroatoms. The van der Waals surface area contributed by atoms with Crippen molar-refractivity contribution in [1.29, 1.82) is 0 Å². The molecule has 0 aliphatic carbocycles. The molecule has 1 atom stereocenters. The van der Waals surface area contributed by atoms with Crippen LogP contribution in [0.5, 0.6) is 0 Å². The van der Waals surface area contributed by atoms with Gasteiger partial charge in [0.25, 0.3) is 0 Å². The largest absolute Gasteiger partial charge is 0.481 e. The molecule has 19 heavy (non-hydrogen) atoms. The Morgan fingerprint density at radius 1 is 1.47 bits per heavy atom. The number of fused-ring (bicyclic) bond motifs is 1. The molecule has 1 aromatic heterocycles. The number of hydrogen-bond acceptors (Lipinski definition) is 4. The van der Waals surface area contributed by atoms with Crippen molar-refractivity contribution in [3.63, 3.8) is 0 Å². The van der Waals surface area contributed by atoms with Crippen molar-refractivity contribution in [3.05, 3.63) is 34.3 Å². The summed E-state index contributed by atoms with van der Waals surface area (Å²) in [5.41, 5.74) is 1.62. The van der Waals surface area contributed by atoms with Gasteiger partial charge in [-0.1, -0.05) is 6.07 Å². The maximum atomic E-state index is 11.5. The third-order valence-electron chi connectivity index (χ3n) is 3.02.